The van der Waals surface area contributed by atoms with Gasteiger partial charge in [-0.15, -0.1) is 12.4 Å². The highest BCUT2D eigenvalue weighted by molar-refractivity contribution is 5.85. The molecule has 5 heteroatoms. The van der Waals surface area contributed by atoms with E-state index in [0.29, 0.717) is 19.4 Å². The Labute approximate surface area is 70.7 Å². The Morgan fingerprint density at radius 3 is 2.55 bits per heavy atom. The second-order valence-electron chi connectivity index (χ2n) is 1.82. The molecule has 0 aromatic carbocycles. The maximum absolute atomic E-state index is 9.92. The number of halogens is 1. The first-order chi connectivity index (χ1) is 4.77. The highest BCUT2D eigenvalue weighted by Crippen LogP contribution is 1.94. The van der Waals surface area contributed by atoms with E-state index in [4.69, 9.17) is 5.11 Å². The fraction of sp³-hybridized carbons (Fsp3) is 0.667. The molecule has 0 saturated carbocycles. The van der Waals surface area contributed by atoms with Crippen molar-refractivity contribution >= 4 is 24.5 Å². The molecule has 0 radical (unpaired) electrons. The predicted molar refractivity (Wildman–Crippen MR) is 41.7 cm³/mol. The van der Waals surface area contributed by atoms with Gasteiger partial charge in [0, 0.05) is 6.42 Å². The maximum atomic E-state index is 9.92. The fourth-order valence-electron chi connectivity index (χ4n) is 0.513. The molecule has 1 N–H and O–H groups in total. The van der Waals surface area contributed by atoms with Crippen molar-refractivity contribution < 1.29 is 14.7 Å². The van der Waals surface area contributed by atoms with Gasteiger partial charge in [0.25, 0.3) is 0 Å². The van der Waals surface area contributed by atoms with Gasteiger partial charge in [-0.05, 0) is 12.8 Å². The first-order valence-electron chi connectivity index (χ1n) is 3.03. The molecule has 11 heavy (non-hydrogen) atoms. The minimum absolute atomic E-state index is 0. The van der Waals surface area contributed by atoms with Crippen LogP contribution in [0.15, 0.2) is 4.99 Å². The summed E-state index contributed by atoms with van der Waals surface area (Å²) < 4.78 is 0. The molecule has 0 unspecified atom stereocenters. The number of rotatable bonds is 5. The lowest BCUT2D eigenvalue weighted by Gasteiger charge is -1.89. The van der Waals surface area contributed by atoms with E-state index in [1.807, 2.05) is 0 Å². The van der Waals surface area contributed by atoms with Crippen molar-refractivity contribution in [3.8, 4) is 0 Å². The number of hydrogen-bond acceptors (Lipinski definition) is 3. The third kappa shape index (κ3) is 12.4. The Bertz CT molecular complexity index is 150. The average Bonchev–Trinajstić information content (AvgIpc) is 1.87. The molecule has 0 heterocycles. The van der Waals surface area contributed by atoms with Gasteiger partial charge in [-0.25, -0.2) is 9.79 Å². The van der Waals surface area contributed by atoms with Crippen LogP contribution in [0.2, 0.25) is 0 Å². The molecule has 0 amide bonds. The molecule has 0 aliphatic rings. The fourth-order valence-corrected chi connectivity index (χ4v) is 0.513. The zero-order chi connectivity index (χ0) is 7.82. The van der Waals surface area contributed by atoms with Gasteiger partial charge in [0.15, 0.2) is 0 Å². The second-order valence-corrected chi connectivity index (χ2v) is 1.82. The van der Waals surface area contributed by atoms with Crippen LogP contribution in [0.1, 0.15) is 19.3 Å². The summed E-state index contributed by atoms with van der Waals surface area (Å²) in [5.74, 6) is -0.810. The minimum atomic E-state index is -0.810. The zero-order valence-electron chi connectivity index (χ0n) is 5.95. The normalized spacial score (nSPS) is 7.64. The number of carbonyl (C=O) groups is 1. The monoisotopic (exact) mass is 179 g/mol. The zero-order valence-corrected chi connectivity index (χ0v) is 6.76. The Morgan fingerprint density at radius 2 is 2.09 bits per heavy atom. The number of carbonyl (C=O) groups excluding carboxylic acids is 1. The Balaban J connectivity index is 0. The van der Waals surface area contributed by atoms with Crippen molar-refractivity contribution in [1.82, 2.24) is 0 Å². The summed E-state index contributed by atoms with van der Waals surface area (Å²) in [5, 5.41) is 8.16. The van der Waals surface area contributed by atoms with Gasteiger partial charge in [-0.3, -0.25) is 4.79 Å². The van der Waals surface area contributed by atoms with Crippen LogP contribution in [0.3, 0.4) is 0 Å². The second kappa shape index (κ2) is 9.14. The summed E-state index contributed by atoms with van der Waals surface area (Å²) in [6.45, 7) is 0.386. The molecule has 0 aliphatic heterocycles. The summed E-state index contributed by atoms with van der Waals surface area (Å²) in [6, 6.07) is 0. The standard InChI is InChI=1S/C6H9NO3.ClH/c8-5-7-4-2-1-3-6(9)10;/h1-4H2,(H,9,10);1H. The molecule has 64 valence electrons. The number of unbranched alkanes of at least 4 members (excludes halogenated alkanes) is 1. The molecular formula is C6H10ClNO3. The molecule has 4 nitrogen and oxygen atoms in total. The van der Waals surface area contributed by atoms with Crippen LogP contribution in [0.4, 0.5) is 0 Å². The third-order valence-electron chi connectivity index (χ3n) is 0.975. The van der Waals surface area contributed by atoms with Crippen molar-refractivity contribution in [3.63, 3.8) is 0 Å². The summed E-state index contributed by atoms with van der Waals surface area (Å²) in [4.78, 5) is 22.7. The number of nitrogens with zero attached hydrogens (tertiary/aromatic N) is 1. The Morgan fingerprint density at radius 1 is 1.45 bits per heavy atom. The molecule has 0 aromatic rings. The van der Waals surface area contributed by atoms with Gasteiger partial charge in [-0.1, -0.05) is 0 Å². The van der Waals surface area contributed by atoms with E-state index in [2.05, 4.69) is 4.99 Å². The molecule has 0 bridgehead atoms. The summed E-state index contributed by atoms with van der Waals surface area (Å²) in [6.07, 6.45) is 2.74. The third-order valence-corrected chi connectivity index (χ3v) is 0.975. The van der Waals surface area contributed by atoms with Gasteiger partial charge in [0.2, 0.25) is 6.08 Å². The van der Waals surface area contributed by atoms with Gasteiger partial charge >= 0.3 is 5.97 Å². The molecule has 0 aromatic heterocycles. The van der Waals surface area contributed by atoms with Crippen LogP contribution in [0.25, 0.3) is 0 Å². The SMILES string of the molecule is Cl.O=C=NCCCCC(=O)O. The van der Waals surface area contributed by atoms with E-state index < -0.39 is 5.97 Å². The summed E-state index contributed by atoms with van der Waals surface area (Å²) in [7, 11) is 0. The van der Waals surface area contributed by atoms with Crippen LogP contribution in [0.5, 0.6) is 0 Å². The van der Waals surface area contributed by atoms with E-state index in [0.717, 1.165) is 0 Å². The molecule has 0 atom stereocenters. The number of carboxylic acids is 1. The van der Waals surface area contributed by atoms with Gasteiger partial charge in [-0.2, -0.15) is 0 Å². The highest BCUT2D eigenvalue weighted by Gasteiger charge is 1.94. The topological polar surface area (TPSA) is 66.7 Å². The molecule has 0 rings (SSSR count). The smallest absolute Gasteiger partial charge is 0.303 e. The molecule has 0 saturated heterocycles. The molecule has 0 fully saturated rings. The number of aliphatic imine (C=N–C) groups is 1. The van der Waals surface area contributed by atoms with Crippen molar-refractivity contribution in [2.24, 2.45) is 4.99 Å². The lowest BCUT2D eigenvalue weighted by atomic mass is 10.2. The minimum Gasteiger partial charge on any atom is -0.481 e. The Kier molecular flexibility index (Phi) is 10.6. The molecule has 0 aliphatic carbocycles. The van der Waals surface area contributed by atoms with Crippen LogP contribution < -0.4 is 0 Å². The summed E-state index contributed by atoms with van der Waals surface area (Å²) in [5.41, 5.74) is 0. The van der Waals surface area contributed by atoms with E-state index in [9.17, 15) is 9.59 Å². The maximum Gasteiger partial charge on any atom is 0.303 e. The van der Waals surface area contributed by atoms with Crippen LogP contribution in [-0.2, 0) is 9.59 Å². The van der Waals surface area contributed by atoms with Crippen molar-refractivity contribution in [3.05, 3.63) is 0 Å². The predicted octanol–water partition coefficient (Wildman–Crippen LogP) is 0.999. The highest BCUT2D eigenvalue weighted by atomic mass is 35.5. The number of aliphatic carboxylic acids is 1. The first kappa shape index (κ1) is 12.8. The number of carboxylic acid groups (broad SMARTS) is 1. The van der Waals surface area contributed by atoms with E-state index >= 15 is 0 Å². The molecule has 0 spiro atoms. The Hall–Kier alpha value is -0.860. The number of hydrogen-bond donors (Lipinski definition) is 1. The lowest BCUT2D eigenvalue weighted by molar-refractivity contribution is -0.137. The van der Waals surface area contributed by atoms with Crippen LogP contribution in [-0.4, -0.2) is 23.7 Å². The van der Waals surface area contributed by atoms with E-state index in [1.165, 1.54) is 6.08 Å². The lowest BCUT2D eigenvalue weighted by Crippen LogP contribution is -1.94. The summed E-state index contributed by atoms with van der Waals surface area (Å²) >= 11 is 0. The largest absolute Gasteiger partial charge is 0.481 e. The van der Waals surface area contributed by atoms with Crippen molar-refractivity contribution in [2.75, 3.05) is 6.54 Å². The number of isocyanates is 1. The van der Waals surface area contributed by atoms with Crippen LogP contribution >= 0.6 is 12.4 Å². The van der Waals surface area contributed by atoms with Gasteiger partial charge in [0.1, 0.15) is 0 Å². The van der Waals surface area contributed by atoms with Crippen molar-refractivity contribution in [2.45, 2.75) is 19.3 Å². The first-order valence-corrected chi connectivity index (χ1v) is 3.03. The van der Waals surface area contributed by atoms with E-state index in [-0.39, 0.29) is 18.8 Å². The van der Waals surface area contributed by atoms with Gasteiger partial charge < -0.3 is 5.11 Å². The van der Waals surface area contributed by atoms with Gasteiger partial charge in [0.05, 0.1) is 6.54 Å². The van der Waals surface area contributed by atoms with E-state index in [1.54, 1.807) is 0 Å². The quantitative estimate of drug-likeness (QED) is 0.389. The van der Waals surface area contributed by atoms with Crippen molar-refractivity contribution in [1.29, 1.82) is 0 Å². The van der Waals surface area contributed by atoms with Crippen LogP contribution in [0, 0.1) is 0 Å². The average molecular weight is 180 g/mol. The molecular weight excluding hydrogens is 170 g/mol.